The average molecular weight is 368 g/mol. The predicted molar refractivity (Wildman–Crippen MR) is 81.5 cm³/mol. The van der Waals surface area contributed by atoms with Gasteiger partial charge in [0.15, 0.2) is 0 Å². The van der Waals surface area contributed by atoms with Gasteiger partial charge in [0.25, 0.3) is 5.91 Å². The maximum Gasteiger partial charge on any atom is 0.254 e. The van der Waals surface area contributed by atoms with E-state index in [1.165, 1.54) is 11.1 Å². The van der Waals surface area contributed by atoms with Crippen LogP contribution in [0.1, 0.15) is 10.4 Å². The van der Waals surface area contributed by atoms with Gasteiger partial charge in [-0.25, -0.2) is 4.98 Å². The van der Waals surface area contributed by atoms with Gasteiger partial charge in [0.2, 0.25) is 5.88 Å². The summed E-state index contributed by atoms with van der Waals surface area (Å²) in [5, 5.41) is 0. The molecule has 0 saturated heterocycles. The number of hydrogen-bond acceptors (Lipinski definition) is 3. The van der Waals surface area contributed by atoms with Crippen molar-refractivity contribution in [2.75, 3.05) is 14.1 Å². The van der Waals surface area contributed by atoms with Crippen LogP contribution in [0.5, 0.6) is 11.6 Å². The molecule has 0 atom stereocenters. The van der Waals surface area contributed by atoms with Crippen LogP contribution in [-0.4, -0.2) is 29.9 Å². The van der Waals surface area contributed by atoms with Crippen LogP contribution >= 0.6 is 22.6 Å². The van der Waals surface area contributed by atoms with Gasteiger partial charge in [-0.1, -0.05) is 0 Å². The molecule has 1 heterocycles. The molecule has 0 bridgehead atoms. The first kappa shape index (κ1) is 13.8. The SMILES string of the molecule is CN(C)C(=O)c1ccc(Oc2ccc(I)cc2)nc1. The first-order valence-electron chi connectivity index (χ1n) is 5.67. The lowest BCUT2D eigenvalue weighted by molar-refractivity contribution is 0.0827. The van der Waals surface area contributed by atoms with Crippen molar-refractivity contribution in [1.82, 2.24) is 9.88 Å². The zero-order valence-corrected chi connectivity index (χ0v) is 12.8. The van der Waals surface area contributed by atoms with Crippen LogP contribution < -0.4 is 4.74 Å². The summed E-state index contributed by atoms with van der Waals surface area (Å²) in [6, 6.07) is 11.1. The number of nitrogens with zero attached hydrogens (tertiary/aromatic N) is 2. The summed E-state index contributed by atoms with van der Waals surface area (Å²) < 4.78 is 6.73. The molecule has 5 heteroatoms. The van der Waals surface area contributed by atoms with Gasteiger partial charge in [0.05, 0.1) is 5.56 Å². The molecule has 0 unspecified atom stereocenters. The molecule has 0 aliphatic heterocycles. The predicted octanol–water partition coefficient (Wildman–Crippen LogP) is 3.18. The topological polar surface area (TPSA) is 42.4 Å². The summed E-state index contributed by atoms with van der Waals surface area (Å²) in [7, 11) is 3.41. The number of benzene rings is 1. The number of rotatable bonds is 3. The number of carbonyl (C=O) groups excluding carboxylic acids is 1. The number of amides is 1. The molecule has 98 valence electrons. The van der Waals surface area contributed by atoms with Crippen LogP contribution in [0.2, 0.25) is 0 Å². The van der Waals surface area contributed by atoms with Crippen molar-refractivity contribution < 1.29 is 9.53 Å². The molecular formula is C14H13IN2O2. The number of aromatic nitrogens is 1. The second kappa shape index (κ2) is 6.01. The molecule has 4 nitrogen and oxygen atoms in total. The molecule has 0 fully saturated rings. The Bertz CT molecular complexity index is 565. The van der Waals surface area contributed by atoms with Crippen LogP contribution in [0.4, 0.5) is 0 Å². The highest BCUT2D eigenvalue weighted by molar-refractivity contribution is 14.1. The van der Waals surface area contributed by atoms with Gasteiger partial charge in [0, 0.05) is 29.9 Å². The Morgan fingerprint density at radius 3 is 2.37 bits per heavy atom. The van der Waals surface area contributed by atoms with E-state index in [9.17, 15) is 4.79 Å². The Labute approximate surface area is 125 Å². The van der Waals surface area contributed by atoms with Crippen molar-refractivity contribution in [2.24, 2.45) is 0 Å². The van der Waals surface area contributed by atoms with Crippen LogP contribution in [-0.2, 0) is 0 Å². The highest BCUT2D eigenvalue weighted by Gasteiger charge is 2.08. The summed E-state index contributed by atoms with van der Waals surface area (Å²) in [5.41, 5.74) is 0.542. The van der Waals surface area contributed by atoms with E-state index in [-0.39, 0.29) is 5.91 Å². The number of ether oxygens (including phenoxy) is 1. The minimum atomic E-state index is -0.0756. The summed E-state index contributed by atoms with van der Waals surface area (Å²) >= 11 is 2.23. The Morgan fingerprint density at radius 2 is 1.84 bits per heavy atom. The maximum atomic E-state index is 11.7. The van der Waals surface area contributed by atoms with Crippen LogP contribution in [0.25, 0.3) is 0 Å². The highest BCUT2D eigenvalue weighted by atomic mass is 127. The van der Waals surface area contributed by atoms with Crippen molar-refractivity contribution in [1.29, 1.82) is 0 Å². The third kappa shape index (κ3) is 3.66. The van der Waals surface area contributed by atoms with Gasteiger partial charge in [-0.3, -0.25) is 4.79 Å². The van der Waals surface area contributed by atoms with E-state index in [1.54, 1.807) is 26.2 Å². The quantitative estimate of drug-likeness (QED) is 0.782. The van der Waals surface area contributed by atoms with Crippen molar-refractivity contribution in [3.8, 4) is 11.6 Å². The zero-order chi connectivity index (χ0) is 13.8. The Balaban J connectivity index is 2.10. The molecule has 0 aliphatic carbocycles. The van der Waals surface area contributed by atoms with Crippen molar-refractivity contribution >= 4 is 28.5 Å². The first-order valence-corrected chi connectivity index (χ1v) is 6.75. The second-order valence-electron chi connectivity index (χ2n) is 4.14. The third-order valence-corrected chi connectivity index (χ3v) is 3.14. The van der Waals surface area contributed by atoms with E-state index < -0.39 is 0 Å². The molecule has 1 amide bonds. The lowest BCUT2D eigenvalue weighted by Gasteiger charge is -2.10. The van der Waals surface area contributed by atoms with Gasteiger partial charge in [-0.2, -0.15) is 0 Å². The molecule has 2 rings (SSSR count). The third-order valence-electron chi connectivity index (χ3n) is 2.43. The van der Waals surface area contributed by atoms with Crippen molar-refractivity contribution in [2.45, 2.75) is 0 Å². The number of pyridine rings is 1. The summed E-state index contributed by atoms with van der Waals surface area (Å²) in [4.78, 5) is 17.3. The fourth-order valence-electron chi connectivity index (χ4n) is 1.45. The van der Waals surface area contributed by atoms with Crippen LogP contribution in [0.3, 0.4) is 0 Å². The zero-order valence-electron chi connectivity index (χ0n) is 10.6. The number of hydrogen-bond donors (Lipinski definition) is 0. The van der Waals surface area contributed by atoms with Crippen molar-refractivity contribution in [3.63, 3.8) is 0 Å². The fourth-order valence-corrected chi connectivity index (χ4v) is 1.81. The molecule has 1 aromatic heterocycles. The van der Waals surface area contributed by atoms with Gasteiger partial charge < -0.3 is 9.64 Å². The molecule has 0 spiro atoms. The fraction of sp³-hybridized carbons (Fsp3) is 0.143. The lowest BCUT2D eigenvalue weighted by Crippen LogP contribution is -2.21. The van der Waals surface area contributed by atoms with E-state index >= 15 is 0 Å². The van der Waals surface area contributed by atoms with E-state index in [0.29, 0.717) is 11.4 Å². The van der Waals surface area contributed by atoms with Crippen LogP contribution in [0.15, 0.2) is 42.6 Å². The molecular weight excluding hydrogens is 355 g/mol. The highest BCUT2D eigenvalue weighted by Crippen LogP contribution is 2.20. The molecule has 0 saturated carbocycles. The number of halogens is 1. The molecule has 0 N–H and O–H groups in total. The molecule has 19 heavy (non-hydrogen) atoms. The minimum absolute atomic E-state index is 0.0756. The molecule has 0 radical (unpaired) electrons. The largest absolute Gasteiger partial charge is 0.439 e. The summed E-state index contributed by atoms with van der Waals surface area (Å²) in [6.07, 6.45) is 1.52. The smallest absolute Gasteiger partial charge is 0.254 e. The van der Waals surface area contributed by atoms with Gasteiger partial charge in [-0.05, 0) is 52.9 Å². The Kier molecular flexibility index (Phi) is 4.36. The van der Waals surface area contributed by atoms with E-state index in [2.05, 4.69) is 27.6 Å². The van der Waals surface area contributed by atoms with Crippen LogP contribution in [0, 0.1) is 3.57 Å². The Morgan fingerprint density at radius 1 is 1.16 bits per heavy atom. The normalized spacial score (nSPS) is 10.1. The van der Waals surface area contributed by atoms with E-state index in [1.807, 2.05) is 24.3 Å². The van der Waals surface area contributed by atoms with E-state index in [0.717, 1.165) is 9.32 Å². The Hall–Kier alpha value is -1.63. The van der Waals surface area contributed by atoms with Gasteiger partial charge in [0.1, 0.15) is 5.75 Å². The molecule has 0 aliphatic rings. The maximum absolute atomic E-state index is 11.7. The number of carbonyl (C=O) groups is 1. The minimum Gasteiger partial charge on any atom is -0.439 e. The summed E-state index contributed by atoms with van der Waals surface area (Å²) in [6.45, 7) is 0. The van der Waals surface area contributed by atoms with Crippen molar-refractivity contribution in [3.05, 3.63) is 51.7 Å². The monoisotopic (exact) mass is 368 g/mol. The molecule has 1 aromatic carbocycles. The molecule has 2 aromatic rings. The average Bonchev–Trinajstić information content (AvgIpc) is 2.41. The van der Waals surface area contributed by atoms with Gasteiger partial charge >= 0.3 is 0 Å². The lowest BCUT2D eigenvalue weighted by atomic mass is 10.2. The van der Waals surface area contributed by atoms with Gasteiger partial charge in [-0.15, -0.1) is 0 Å². The standard InChI is InChI=1S/C14H13IN2O2/c1-17(2)14(18)10-3-8-13(16-9-10)19-12-6-4-11(15)5-7-12/h3-9H,1-2H3. The second-order valence-corrected chi connectivity index (χ2v) is 5.39. The summed E-state index contributed by atoms with van der Waals surface area (Å²) in [5.74, 6) is 1.12. The first-order chi connectivity index (χ1) is 9.06. The van der Waals surface area contributed by atoms with E-state index in [4.69, 9.17) is 4.74 Å².